The minimum Gasteiger partial charge on any atom is -0.399 e. The van der Waals surface area contributed by atoms with E-state index in [2.05, 4.69) is 9.55 Å². The molecule has 0 bridgehead atoms. The molecule has 0 saturated heterocycles. The molecule has 5 aromatic rings. The number of rotatable bonds is 4. The molecule has 34 heavy (non-hydrogen) atoms. The molecule has 3 aromatic carbocycles. The summed E-state index contributed by atoms with van der Waals surface area (Å²) in [6.07, 6.45) is 4.72. The average molecular weight is 486 g/mol. The summed E-state index contributed by atoms with van der Waals surface area (Å²) in [5, 5.41) is 3.15. The van der Waals surface area contributed by atoms with Crippen molar-refractivity contribution in [3.63, 3.8) is 0 Å². The number of carbonyl (C=O) groups is 1. The van der Waals surface area contributed by atoms with Crippen molar-refractivity contribution < 1.29 is 4.79 Å². The van der Waals surface area contributed by atoms with Gasteiger partial charge in [-0.05, 0) is 72.5 Å². The molecule has 4 nitrogen and oxygen atoms in total. The fraction of sp³-hybridized carbons (Fsp3) is 0.143. The summed E-state index contributed by atoms with van der Waals surface area (Å²) in [6.45, 7) is 0.543. The van der Waals surface area contributed by atoms with Gasteiger partial charge in [0.15, 0.2) is 5.78 Å². The van der Waals surface area contributed by atoms with Gasteiger partial charge in [-0.15, -0.1) is 0 Å². The van der Waals surface area contributed by atoms with E-state index in [4.69, 9.17) is 28.9 Å². The molecule has 1 aliphatic rings. The summed E-state index contributed by atoms with van der Waals surface area (Å²) in [5.74, 6) is 0.0991. The Labute approximate surface area is 206 Å². The molecule has 6 rings (SSSR count). The van der Waals surface area contributed by atoms with Crippen LogP contribution >= 0.6 is 23.2 Å². The highest BCUT2D eigenvalue weighted by Gasteiger charge is 2.44. The number of nitrogens with two attached hydrogens (primary N) is 1. The number of carbonyl (C=O) groups excluding carboxylic acids is 1. The number of benzene rings is 3. The molecule has 0 saturated carbocycles. The number of nitrogens with zero attached hydrogens (tertiary/aromatic N) is 2. The van der Waals surface area contributed by atoms with Crippen LogP contribution in [0.25, 0.3) is 21.8 Å². The maximum Gasteiger partial charge on any atom is 0.173 e. The number of fused-ring (bicyclic) bond motifs is 3. The van der Waals surface area contributed by atoms with Gasteiger partial charge in [-0.3, -0.25) is 9.78 Å². The molecular weight excluding hydrogens is 465 g/mol. The Hall–Kier alpha value is -3.34. The predicted octanol–water partition coefficient (Wildman–Crippen LogP) is 6.75. The molecule has 2 N–H and O–H groups in total. The van der Waals surface area contributed by atoms with E-state index >= 15 is 0 Å². The van der Waals surface area contributed by atoms with Crippen molar-refractivity contribution in [2.45, 2.75) is 19.4 Å². The summed E-state index contributed by atoms with van der Waals surface area (Å²) in [5.41, 5.74) is 10.6. The highest BCUT2D eigenvalue weighted by molar-refractivity contribution is 6.34. The van der Waals surface area contributed by atoms with Gasteiger partial charge in [0.2, 0.25) is 0 Å². The number of aromatic nitrogens is 2. The third-order valence-electron chi connectivity index (χ3n) is 6.86. The van der Waals surface area contributed by atoms with E-state index in [1.807, 2.05) is 72.9 Å². The maximum absolute atomic E-state index is 14.4. The molecule has 1 aliphatic heterocycles. The van der Waals surface area contributed by atoms with Crippen LogP contribution in [0.3, 0.4) is 0 Å². The lowest BCUT2D eigenvalue weighted by atomic mass is 9.69. The van der Waals surface area contributed by atoms with E-state index < -0.39 is 5.41 Å². The number of halogens is 2. The Balaban J connectivity index is 1.60. The average Bonchev–Trinajstić information content (AvgIpc) is 3.12. The minimum absolute atomic E-state index is 0.0991. The van der Waals surface area contributed by atoms with Gasteiger partial charge in [0.1, 0.15) is 0 Å². The highest BCUT2D eigenvalue weighted by Crippen LogP contribution is 2.45. The zero-order chi connectivity index (χ0) is 23.4. The maximum atomic E-state index is 14.4. The Kier molecular flexibility index (Phi) is 4.91. The Morgan fingerprint density at radius 2 is 1.68 bits per heavy atom. The number of pyridine rings is 1. The van der Waals surface area contributed by atoms with Crippen LogP contribution in [0, 0.1) is 5.41 Å². The van der Waals surface area contributed by atoms with Crippen molar-refractivity contribution in [2.75, 3.05) is 5.73 Å². The topological polar surface area (TPSA) is 60.9 Å². The van der Waals surface area contributed by atoms with E-state index in [9.17, 15) is 4.79 Å². The smallest absolute Gasteiger partial charge is 0.173 e. The van der Waals surface area contributed by atoms with E-state index in [1.165, 1.54) is 0 Å². The summed E-state index contributed by atoms with van der Waals surface area (Å²) >= 11 is 12.9. The SMILES string of the molecule is Nc1ccc(CC2(Cc3cccnc3)Cn3c4ccc(Cl)cc4c4cc(Cl)cc(c43)C2=O)cc1. The summed E-state index contributed by atoms with van der Waals surface area (Å²) in [7, 11) is 0. The number of hydrogen-bond acceptors (Lipinski definition) is 3. The van der Waals surface area contributed by atoms with Gasteiger partial charge in [0.25, 0.3) is 0 Å². The van der Waals surface area contributed by atoms with Crippen LogP contribution in [0.4, 0.5) is 5.69 Å². The molecule has 0 aliphatic carbocycles. The number of ketones is 1. The number of hydrogen-bond donors (Lipinski definition) is 1. The molecule has 6 heteroatoms. The molecule has 168 valence electrons. The van der Waals surface area contributed by atoms with Crippen LogP contribution in [0.5, 0.6) is 0 Å². The van der Waals surface area contributed by atoms with E-state index in [0.29, 0.717) is 40.7 Å². The van der Waals surface area contributed by atoms with Crippen molar-refractivity contribution in [1.29, 1.82) is 0 Å². The van der Waals surface area contributed by atoms with Crippen LogP contribution in [0.1, 0.15) is 21.5 Å². The van der Waals surface area contributed by atoms with Crippen LogP contribution in [-0.2, 0) is 19.4 Å². The second kappa shape index (κ2) is 7.86. The standard InChI is InChI=1S/C28H21Cl2N3O/c29-19-5-8-25-22(10-19)23-11-20(30)12-24-26(23)33(25)16-28(27(24)34,14-18-2-1-9-32-15-18)13-17-3-6-21(31)7-4-17/h1-12,15H,13-14,16,31H2. The van der Waals surface area contributed by atoms with Crippen molar-refractivity contribution in [2.24, 2.45) is 5.41 Å². The summed E-state index contributed by atoms with van der Waals surface area (Å²) in [4.78, 5) is 18.7. The lowest BCUT2D eigenvalue weighted by Crippen LogP contribution is -2.43. The molecule has 2 aromatic heterocycles. The monoisotopic (exact) mass is 485 g/mol. The van der Waals surface area contributed by atoms with Crippen molar-refractivity contribution in [3.8, 4) is 0 Å². The Morgan fingerprint density at radius 3 is 2.44 bits per heavy atom. The third-order valence-corrected chi connectivity index (χ3v) is 7.31. The second-order valence-corrected chi connectivity index (χ2v) is 10.0. The molecule has 0 fully saturated rings. The van der Waals surface area contributed by atoms with Gasteiger partial charge in [-0.2, -0.15) is 0 Å². The molecule has 1 atom stereocenters. The fourth-order valence-electron chi connectivity index (χ4n) is 5.43. The van der Waals surface area contributed by atoms with Crippen LogP contribution in [0.15, 0.2) is 79.1 Å². The van der Waals surface area contributed by atoms with Gasteiger partial charge in [0.05, 0.1) is 10.9 Å². The Morgan fingerprint density at radius 1 is 0.912 bits per heavy atom. The van der Waals surface area contributed by atoms with Crippen molar-refractivity contribution in [3.05, 3.63) is 106 Å². The van der Waals surface area contributed by atoms with E-state index in [0.717, 1.165) is 32.9 Å². The number of anilines is 1. The first-order valence-corrected chi connectivity index (χ1v) is 11.9. The van der Waals surface area contributed by atoms with Gasteiger partial charge >= 0.3 is 0 Å². The zero-order valence-corrected chi connectivity index (χ0v) is 19.8. The lowest BCUT2D eigenvalue weighted by molar-refractivity contribution is 0.0746. The van der Waals surface area contributed by atoms with Gasteiger partial charge < -0.3 is 10.3 Å². The Bertz CT molecular complexity index is 1580. The molecule has 3 heterocycles. The molecule has 1 unspecified atom stereocenters. The van der Waals surface area contributed by atoms with Crippen LogP contribution in [-0.4, -0.2) is 15.3 Å². The second-order valence-electron chi connectivity index (χ2n) is 9.16. The van der Waals surface area contributed by atoms with Crippen molar-refractivity contribution in [1.82, 2.24) is 9.55 Å². The normalized spacial score (nSPS) is 17.5. The zero-order valence-electron chi connectivity index (χ0n) is 18.3. The summed E-state index contributed by atoms with van der Waals surface area (Å²) in [6, 6.07) is 21.3. The molecule has 0 amide bonds. The first-order chi connectivity index (χ1) is 16.4. The van der Waals surface area contributed by atoms with Gasteiger partial charge in [-0.1, -0.05) is 41.4 Å². The number of nitrogen functional groups attached to an aromatic ring is 1. The first-order valence-electron chi connectivity index (χ1n) is 11.1. The molecule has 0 spiro atoms. The fourth-order valence-corrected chi connectivity index (χ4v) is 5.82. The predicted molar refractivity (Wildman–Crippen MR) is 139 cm³/mol. The minimum atomic E-state index is -0.713. The summed E-state index contributed by atoms with van der Waals surface area (Å²) < 4.78 is 2.27. The van der Waals surface area contributed by atoms with E-state index in [1.54, 1.807) is 6.20 Å². The van der Waals surface area contributed by atoms with Crippen molar-refractivity contribution >= 4 is 56.5 Å². The molecular formula is C28H21Cl2N3O. The largest absolute Gasteiger partial charge is 0.399 e. The van der Waals surface area contributed by atoms with Crippen LogP contribution < -0.4 is 5.73 Å². The van der Waals surface area contributed by atoms with Gasteiger partial charge in [0, 0.05) is 56.5 Å². The van der Waals surface area contributed by atoms with E-state index in [-0.39, 0.29) is 5.78 Å². The lowest BCUT2D eigenvalue weighted by Gasteiger charge is -2.37. The third kappa shape index (κ3) is 3.37. The highest BCUT2D eigenvalue weighted by atomic mass is 35.5. The van der Waals surface area contributed by atoms with Crippen LogP contribution in [0.2, 0.25) is 10.0 Å². The van der Waals surface area contributed by atoms with Gasteiger partial charge in [-0.25, -0.2) is 0 Å². The molecule has 0 radical (unpaired) electrons. The quantitative estimate of drug-likeness (QED) is 0.286. The number of Topliss-reactive ketones (excluding diaryl/α,β-unsaturated/α-hetero) is 1. The first kappa shape index (κ1) is 21.2.